The van der Waals surface area contributed by atoms with Gasteiger partial charge < -0.3 is 14.1 Å². The lowest BCUT2D eigenvalue weighted by molar-refractivity contribution is -0.139. The van der Waals surface area contributed by atoms with Crippen LogP contribution in [0, 0.1) is 5.92 Å². The summed E-state index contributed by atoms with van der Waals surface area (Å²) in [7, 11) is 0. The normalized spacial score (nSPS) is 16.7. The van der Waals surface area contributed by atoms with Crippen LogP contribution >= 0.6 is 0 Å². The lowest BCUT2D eigenvalue weighted by Crippen LogP contribution is -2.45. The Labute approximate surface area is 205 Å². The van der Waals surface area contributed by atoms with E-state index in [-0.39, 0.29) is 5.69 Å². The predicted molar refractivity (Wildman–Crippen MR) is 132 cm³/mol. The van der Waals surface area contributed by atoms with Gasteiger partial charge in [0.25, 0.3) is 0 Å². The fraction of sp³-hybridized carbons (Fsp3) is 0.400. The molecule has 1 aliphatic carbocycles. The topological polar surface area (TPSA) is 125 Å². The molecule has 5 rings (SSSR count). The van der Waals surface area contributed by atoms with Crippen molar-refractivity contribution < 1.29 is 23.1 Å². The van der Waals surface area contributed by atoms with Gasteiger partial charge >= 0.3 is 5.97 Å². The van der Waals surface area contributed by atoms with Crippen LogP contribution in [0.3, 0.4) is 0 Å². The minimum absolute atomic E-state index is 0.270. The van der Waals surface area contributed by atoms with Crippen LogP contribution in [-0.2, 0) is 16.1 Å². The summed E-state index contributed by atoms with van der Waals surface area (Å²) in [6.45, 7) is 3.35. The number of hydrogen-bond donors (Lipinski definition) is 1. The molecule has 10 heteroatoms. The quantitative estimate of drug-likeness (QED) is 0.361. The molecule has 1 saturated carbocycles. The molecule has 9 nitrogen and oxygen atoms in total. The van der Waals surface area contributed by atoms with E-state index in [0.29, 0.717) is 22.5 Å². The number of hydrogen-bond acceptors (Lipinski definition) is 6. The summed E-state index contributed by atoms with van der Waals surface area (Å²) in [6.07, 6.45) is 8.02. The lowest BCUT2D eigenvalue weighted by atomic mass is 9.87. The number of furan rings is 1. The van der Waals surface area contributed by atoms with Gasteiger partial charge in [0.05, 0.1) is 23.3 Å². The second-order valence-corrected chi connectivity index (χ2v) is 10.3. The second-order valence-electron chi connectivity index (χ2n) is 9.46. The molecule has 0 spiro atoms. The van der Waals surface area contributed by atoms with Crippen molar-refractivity contribution >= 4 is 44.9 Å². The molecule has 1 aliphatic rings. The molecule has 2 atom stereocenters. The average Bonchev–Trinajstić information content (AvgIpc) is 3.46. The van der Waals surface area contributed by atoms with Crippen molar-refractivity contribution in [3.63, 3.8) is 0 Å². The molecule has 1 fully saturated rings. The van der Waals surface area contributed by atoms with Gasteiger partial charge in [-0.15, -0.1) is 5.10 Å². The van der Waals surface area contributed by atoms with Gasteiger partial charge in [0.2, 0.25) is 0 Å². The molecule has 1 N–H and O–H groups in total. The first-order valence-corrected chi connectivity index (χ1v) is 12.9. The van der Waals surface area contributed by atoms with Gasteiger partial charge in [-0.2, -0.15) is 0 Å². The van der Waals surface area contributed by atoms with Crippen molar-refractivity contribution in [2.75, 3.05) is 4.31 Å². The van der Waals surface area contributed by atoms with Crippen LogP contribution in [0.4, 0.5) is 5.69 Å². The van der Waals surface area contributed by atoms with Gasteiger partial charge in [0.1, 0.15) is 17.2 Å². The summed E-state index contributed by atoms with van der Waals surface area (Å²) in [6, 6.07) is 9.37. The number of rotatable bonds is 7. The van der Waals surface area contributed by atoms with Crippen LogP contribution in [0.25, 0.3) is 27.6 Å². The van der Waals surface area contributed by atoms with Gasteiger partial charge in [0.15, 0.2) is 0 Å². The molecular weight excluding hydrogens is 468 g/mol. The Kier molecular flexibility index (Phi) is 6.33. The van der Waals surface area contributed by atoms with E-state index >= 15 is 0 Å². The summed E-state index contributed by atoms with van der Waals surface area (Å²) in [5.41, 5.74) is 3.31. The highest BCUT2D eigenvalue weighted by Gasteiger charge is 2.30. The summed E-state index contributed by atoms with van der Waals surface area (Å²) in [4.78, 5) is 11.8. The number of fused-ring (bicyclic) bond motifs is 3. The zero-order chi connectivity index (χ0) is 24.7. The number of aromatic nitrogens is 3. The summed E-state index contributed by atoms with van der Waals surface area (Å²) < 4.78 is 32.8. The first kappa shape index (κ1) is 23.5. The highest BCUT2D eigenvalue weighted by molar-refractivity contribution is 7.80. The number of anilines is 1. The maximum Gasteiger partial charge on any atom is 0.327 e. The van der Waals surface area contributed by atoms with Gasteiger partial charge in [-0.05, 0) is 49.1 Å². The van der Waals surface area contributed by atoms with E-state index in [9.17, 15) is 18.7 Å². The third-order valence-corrected chi connectivity index (χ3v) is 7.55. The first-order valence-electron chi connectivity index (χ1n) is 11.8. The summed E-state index contributed by atoms with van der Waals surface area (Å²) in [5, 5.41) is 19.9. The van der Waals surface area contributed by atoms with Crippen molar-refractivity contribution in [1.82, 2.24) is 15.0 Å². The Morgan fingerprint density at radius 2 is 1.91 bits per heavy atom. The van der Waals surface area contributed by atoms with E-state index in [1.54, 1.807) is 36.7 Å². The van der Waals surface area contributed by atoms with Crippen LogP contribution in [0.2, 0.25) is 0 Å². The minimum Gasteiger partial charge on any atom is -0.755 e. The van der Waals surface area contributed by atoms with Crippen LogP contribution in [0.15, 0.2) is 47.0 Å². The lowest BCUT2D eigenvalue weighted by Gasteiger charge is -2.34. The fourth-order valence-corrected chi connectivity index (χ4v) is 5.82. The molecule has 0 bridgehead atoms. The van der Waals surface area contributed by atoms with Crippen LogP contribution < -0.4 is 4.31 Å². The second kappa shape index (κ2) is 9.43. The molecule has 2 aromatic heterocycles. The molecule has 184 valence electrons. The molecule has 2 heterocycles. The van der Waals surface area contributed by atoms with E-state index in [1.807, 2.05) is 24.4 Å². The minimum atomic E-state index is -2.77. The Hall–Kier alpha value is -3.24. The molecule has 4 aromatic rings. The van der Waals surface area contributed by atoms with Crippen molar-refractivity contribution in [2.45, 2.75) is 57.9 Å². The Bertz CT molecular complexity index is 1410. The smallest absolute Gasteiger partial charge is 0.327 e. The maximum atomic E-state index is 12.0. The van der Waals surface area contributed by atoms with Crippen molar-refractivity contribution in [2.24, 2.45) is 5.92 Å². The van der Waals surface area contributed by atoms with Crippen molar-refractivity contribution in [3.05, 3.63) is 48.3 Å². The molecule has 2 unspecified atom stereocenters. The average molecular weight is 496 g/mol. The highest BCUT2D eigenvalue weighted by atomic mass is 32.2. The van der Waals surface area contributed by atoms with E-state index < -0.39 is 29.2 Å². The van der Waals surface area contributed by atoms with Crippen LogP contribution in [0.1, 0.15) is 57.6 Å². The summed E-state index contributed by atoms with van der Waals surface area (Å²) >= 11 is -2.77. The molecule has 0 saturated heterocycles. The number of carbonyl (C=O) groups is 1. The predicted octanol–water partition coefficient (Wildman–Crippen LogP) is 4.92. The molecule has 2 aromatic carbocycles. The van der Waals surface area contributed by atoms with Crippen LogP contribution in [0.5, 0.6) is 0 Å². The Morgan fingerprint density at radius 3 is 2.60 bits per heavy atom. The maximum absolute atomic E-state index is 12.0. The van der Waals surface area contributed by atoms with Crippen LogP contribution in [-0.4, -0.2) is 40.9 Å². The molecular formula is C25H27N4O5S-. The van der Waals surface area contributed by atoms with Gasteiger partial charge in [-0.3, -0.25) is 8.51 Å². The summed E-state index contributed by atoms with van der Waals surface area (Å²) in [5.74, 6) is -1.17. The number of carboxylic acids is 1. The number of benzene rings is 2. The highest BCUT2D eigenvalue weighted by Crippen LogP contribution is 2.35. The molecule has 0 radical (unpaired) electrons. The monoisotopic (exact) mass is 495 g/mol. The zero-order valence-electron chi connectivity index (χ0n) is 19.6. The van der Waals surface area contributed by atoms with Gasteiger partial charge in [0, 0.05) is 34.0 Å². The Balaban J connectivity index is 1.51. The zero-order valence-corrected chi connectivity index (χ0v) is 20.4. The van der Waals surface area contributed by atoms with Gasteiger partial charge in [-0.1, -0.05) is 38.3 Å². The Morgan fingerprint density at radius 1 is 1.14 bits per heavy atom. The first-order chi connectivity index (χ1) is 16.8. The number of nitrogens with zero attached hydrogens (tertiary/aromatic N) is 4. The number of carboxylic acid groups (broad SMARTS) is 1. The van der Waals surface area contributed by atoms with E-state index in [1.165, 1.54) is 19.3 Å². The van der Waals surface area contributed by atoms with Crippen molar-refractivity contribution in [1.29, 1.82) is 0 Å². The molecule has 0 amide bonds. The van der Waals surface area contributed by atoms with Gasteiger partial charge in [-0.25, -0.2) is 9.48 Å². The van der Waals surface area contributed by atoms with E-state index in [4.69, 9.17) is 4.42 Å². The van der Waals surface area contributed by atoms with E-state index in [2.05, 4.69) is 10.3 Å². The SMILES string of the molecule is CC(C)C(C(=O)O)N(c1ccc2oc3cc(-n4cc(C5CCCCC5)nn4)ccc3c2c1)S(=O)[O-]. The molecule has 35 heavy (non-hydrogen) atoms. The van der Waals surface area contributed by atoms with Crippen molar-refractivity contribution in [3.8, 4) is 5.69 Å². The molecule has 0 aliphatic heterocycles. The largest absolute Gasteiger partial charge is 0.755 e. The van der Waals surface area contributed by atoms with E-state index in [0.717, 1.165) is 33.9 Å². The third-order valence-electron chi connectivity index (χ3n) is 6.79. The standard InChI is InChI=1S/C25H28N4O5S/c1-15(2)24(25(30)31)29(35(32)33)18-9-11-22-20(12-18)19-10-8-17(13-23(19)34-22)28-14-21(26-27-28)16-6-4-3-5-7-16/h8-16,24H,3-7H2,1-2H3,(H,30,31)(H,32,33)/p-1. The fourth-order valence-electron chi connectivity index (χ4n) is 5.02. The third kappa shape index (κ3) is 4.43. The number of aliphatic carboxylic acids is 1.